The molecule has 1 nitrogen and oxygen atoms in total. The van der Waals surface area contributed by atoms with E-state index in [9.17, 15) is 0 Å². The Balaban J connectivity index is 1.33. The molecule has 43 heavy (non-hydrogen) atoms. The predicted molar refractivity (Wildman–Crippen MR) is 186 cm³/mol. The van der Waals surface area contributed by atoms with Crippen LogP contribution in [-0.4, -0.2) is 14.5 Å². The van der Waals surface area contributed by atoms with Gasteiger partial charge in [-0.2, -0.15) is 0 Å². The van der Waals surface area contributed by atoms with Crippen LogP contribution in [0.3, 0.4) is 0 Å². The molecule has 0 unspecified atom stereocenters. The third-order valence-electron chi connectivity index (χ3n) is 9.43. The van der Waals surface area contributed by atoms with Crippen molar-refractivity contribution in [3.8, 4) is 11.1 Å². The molecule has 9 rings (SSSR count). The van der Waals surface area contributed by atoms with Gasteiger partial charge in [-0.3, -0.25) is 0 Å². The van der Waals surface area contributed by atoms with E-state index in [1.165, 1.54) is 80.2 Å². The summed E-state index contributed by atoms with van der Waals surface area (Å²) in [5.74, 6) is 0. The van der Waals surface area contributed by atoms with Crippen LogP contribution in [0.15, 0.2) is 140 Å². The zero-order valence-corrected chi connectivity index (χ0v) is 25.8. The molecule has 0 aliphatic heterocycles. The van der Waals surface area contributed by atoms with Crippen LogP contribution in [0.2, 0.25) is 0 Å². The van der Waals surface area contributed by atoms with Gasteiger partial charge in [0.25, 0.3) is 0 Å². The molecule has 0 bridgehead atoms. The van der Waals surface area contributed by atoms with Crippen molar-refractivity contribution in [2.24, 2.45) is 0 Å². The fourth-order valence-electron chi connectivity index (χ4n) is 7.36. The molecule has 204 valence electrons. The molecule has 0 saturated carbocycles. The second-order valence-electron chi connectivity index (χ2n) is 12.2. The van der Waals surface area contributed by atoms with Gasteiger partial charge in [0.05, 0.1) is 0 Å². The topological polar surface area (TPSA) is 3.24 Å². The van der Waals surface area contributed by atoms with E-state index in [-0.39, 0.29) is 19.9 Å². The Labute approximate surface area is 257 Å². The van der Waals surface area contributed by atoms with Crippen molar-refractivity contribution in [1.82, 2.24) is 0 Å². The summed E-state index contributed by atoms with van der Waals surface area (Å²) >= 11 is 0.156. The van der Waals surface area contributed by atoms with E-state index in [1.54, 1.807) is 0 Å². The van der Waals surface area contributed by atoms with Gasteiger partial charge < -0.3 is 0 Å². The molecule has 0 fully saturated rings. The molecule has 0 radical (unpaired) electrons. The van der Waals surface area contributed by atoms with E-state index in [4.69, 9.17) is 0 Å². The summed E-state index contributed by atoms with van der Waals surface area (Å²) in [5, 5.41) is 8.17. The molecule has 8 aromatic rings. The first kappa shape index (κ1) is 24.9. The van der Waals surface area contributed by atoms with Crippen molar-refractivity contribution in [2.75, 3.05) is 4.90 Å². The van der Waals surface area contributed by atoms with Crippen molar-refractivity contribution in [2.45, 2.75) is 19.3 Å². The van der Waals surface area contributed by atoms with E-state index in [0.29, 0.717) is 0 Å². The normalized spacial score (nSPS) is 13.5. The fraction of sp³-hybridized carbons (Fsp3) is 0.0732. The van der Waals surface area contributed by atoms with Crippen molar-refractivity contribution >= 4 is 72.4 Å². The van der Waals surface area contributed by atoms with Crippen LogP contribution in [0.5, 0.6) is 0 Å². The minimum atomic E-state index is -0.00931. The zero-order valence-electron chi connectivity index (χ0n) is 24.1. The number of hydrogen-bond donors (Lipinski definition) is 0. The number of para-hydroxylation sites is 1. The van der Waals surface area contributed by atoms with Gasteiger partial charge in [0.2, 0.25) is 0 Å². The molecule has 0 amide bonds. The van der Waals surface area contributed by atoms with Gasteiger partial charge in [-0.05, 0) is 0 Å². The summed E-state index contributed by atoms with van der Waals surface area (Å²) in [5.41, 5.74) is 9.16. The first-order valence-corrected chi connectivity index (χ1v) is 16.7. The maximum atomic E-state index is 2.49. The summed E-state index contributed by atoms with van der Waals surface area (Å²) < 4.78 is 2.96. The van der Waals surface area contributed by atoms with Gasteiger partial charge >= 0.3 is 258 Å². The predicted octanol–water partition coefficient (Wildman–Crippen LogP) is 11.1. The summed E-state index contributed by atoms with van der Waals surface area (Å²) in [4.78, 5) is 2.49. The van der Waals surface area contributed by atoms with Crippen LogP contribution < -0.4 is 4.90 Å². The van der Waals surface area contributed by atoms with Gasteiger partial charge in [0.1, 0.15) is 0 Å². The molecule has 7 aromatic carbocycles. The standard InChI is InChI=1S/C41H29NSe/c1-41(2)35-17-9-8-15-31(35)34-25-29(22-24-36(34)41)42(28-12-4-3-5-13-28)37-18-10-16-32-33-23-21-27-20-19-26-11-6-7-14-30(26)38(27)40(33)43-39(32)37/h3-25H,1-2H3. The van der Waals surface area contributed by atoms with Gasteiger partial charge in [0.15, 0.2) is 0 Å². The molecular formula is C41H29NSe. The first-order valence-electron chi connectivity index (χ1n) is 14.9. The molecule has 0 atom stereocenters. The Morgan fingerprint density at radius 1 is 0.488 bits per heavy atom. The molecule has 0 N–H and O–H groups in total. The minimum absolute atomic E-state index is 0.00931. The van der Waals surface area contributed by atoms with E-state index in [2.05, 4.69) is 158 Å². The van der Waals surface area contributed by atoms with Gasteiger partial charge in [-0.1, -0.05) is 0 Å². The number of anilines is 3. The van der Waals surface area contributed by atoms with Crippen LogP contribution in [0.4, 0.5) is 17.1 Å². The molecule has 0 spiro atoms. The Bertz CT molecular complexity index is 2380. The van der Waals surface area contributed by atoms with Crippen LogP contribution in [0, 0.1) is 0 Å². The van der Waals surface area contributed by atoms with E-state index >= 15 is 0 Å². The Morgan fingerprint density at radius 3 is 2.09 bits per heavy atom. The molecule has 2 heteroatoms. The first-order chi connectivity index (χ1) is 21.1. The number of nitrogens with zero attached hydrogens (tertiary/aromatic N) is 1. The quantitative estimate of drug-likeness (QED) is 0.141. The number of benzene rings is 7. The van der Waals surface area contributed by atoms with Crippen LogP contribution >= 0.6 is 0 Å². The molecule has 1 aromatic heterocycles. The van der Waals surface area contributed by atoms with E-state index in [0.717, 1.165) is 0 Å². The molecular weight excluding hydrogens is 585 g/mol. The van der Waals surface area contributed by atoms with Crippen LogP contribution in [0.1, 0.15) is 25.0 Å². The molecule has 1 heterocycles. The fourth-order valence-corrected chi connectivity index (χ4v) is 10.2. The zero-order chi connectivity index (χ0) is 28.7. The maximum absolute atomic E-state index is 2.49. The third-order valence-corrected chi connectivity index (χ3v) is 12.1. The monoisotopic (exact) mass is 615 g/mol. The summed E-state index contributed by atoms with van der Waals surface area (Å²) in [6, 6.07) is 51.9. The summed E-state index contributed by atoms with van der Waals surface area (Å²) in [6.07, 6.45) is 0. The van der Waals surface area contributed by atoms with Crippen LogP contribution in [-0.2, 0) is 5.41 Å². The average molecular weight is 615 g/mol. The van der Waals surface area contributed by atoms with E-state index in [1.807, 2.05) is 0 Å². The summed E-state index contributed by atoms with van der Waals surface area (Å²) in [6.45, 7) is 4.70. The molecule has 0 saturated heterocycles. The average Bonchev–Trinajstić information content (AvgIpc) is 3.55. The summed E-state index contributed by atoms with van der Waals surface area (Å²) in [7, 11) is 0. The molecule has 1 aliphatic carbocycles. The SMILES string of the molecule is CC1(C)c2ccccc2-c2cc(N(c3ccccc3)c3cccc4c3[se]c3c4ccc4ccc5ccccc5c43)ccc21. The van der Waals surface area contributed by atoms with Crippen molar-refractivity contribution < 1.29 is 0 Å². The number of fused-ring (bicyclic) bond motifs is 10. The van der Waals surface area contributed by atoms with Crippen LogP contribution in [0.25, 0.3) is 52.0 Å². The second kappa shape index (κ2) is 9.19. The van der Waals surface area contributed by atoms with Gasteiger partial charge in [0, 0.05) is 0 Å². The van der Waals surface area contributed by atoms with E-state index < -0.39 is 0 Å². The van der Waals surface area contributed by atoms with Gasteiger partial charge in [-0.15, -0.1) is 0 Å². The third kappa shape index (κ3) is 3.58. The Morgan fingerprint density at radius 2 is 1.19 bits per heavy atom. The Hall–Kier alpha value is -4.62. The van der Waals surface area contributed by atoms with Gasteiger partial charge in [-0.25, -0.2) is 0 Å². The Kier molecular flexibility index (Phi) is 5.33. The van der Waals surface area contributed by atoms with Crippen molar-refractivity contribution in [3.05, 3.63) is 151 Å². The van der Waals surface area contributed by atoms with Crippen molar-refractivity contribution in [1.29, 1.82) is 0 Å². The number of hydrogen-bond acceptors (Lipinski definition) is 1. The molecule has 1 aliphatic rings. The second-order valence-corrected chi connectivity index (χ2v) is 14.3. The van der Waals surface area contributed by atoms with Crippen molar-refractivity contribution in [3.63, 3.8) is 0 Å². The number of rotatable bonds is 3.